The van der Waals surface area contributed by atoms with Crippen LogP contribution in [0, 0.1) is 27.9 Å². The fraction of sp³-hybridized carbons (Fsp3) is 0.481. The van der Waals surface area contributed by atoms with Crippen LogP contribution in [0.4, 0.5) is 22.7 Å². The molecule has 0 unspecified atom stereocenters. The van der Waals surface area contributed by atoms with Gasteiger partial charge in [-0.25, -0.2) is 4.90 Å². The average molecular weight is 493 g/mol. The van der Waals surface area contributed by atoms with Crippen molar-refractivity contribution in [3.05, 3.63) is 52.6 Å². The van der Waals surface area contributed by atoms with E-state index in [9.17, 15) is 19.7 Å². The van der Waals surface area contributed by atoms with Gasteiger partial charge in [0.05, 0.1) is 34.7 Å². The van der Waals surface area contributed by atoms with Gasteiger partial charge in [-0.3, -0.25) is 19.7 Å². The summed E-state index contributed by atoms with van der Waals surface area (Å²) in [5.41, 5.74) is 1.74. The molecule has 2 saturated heterocycles. The molecule has 190 valence electrons. The maximum Gasteiger partial charge on any atom is 0.294 e. The number of nitro benzene ring substituents is 1. The number of anilines is 3. The Hall–Kier alpha value is -3.62. The minimum atomic E-state index is -0.421. The highest BCUT2D eigenvalue weighted by Crippen LogP contribution is 2.43. The summed E-state index contributed by atoms with van der Waals surface area (Å²) in [6.45, 7) is 7.22. The highest BCUT2D eigenvalue weighted by Gasteiger charge is 2.50. The Balaban J connectivity index is 1.36. The third-order valence-corrected chi connectivity index (χ3v) is 7.73. The molecule has 2 aliphatic heterocycles. The predicted molar refractivity (Wildman–Crippen MR) is 138 cm³/mol. The number of fused-ring (bicyclic) bond motifs is 1. The van der Waals surface area contributed by atoms with Crippen molar-refractivity contribution in [1.29, 1.82) is 0 Å². The van der Waals surface area contributed by atoms with Crippen LogP contribution in [0.2, 0.25) is 0 Å². The van der Waals surface area contributed by atoms with Gasteiger partial charge in [0, 0.05) is 32.2 Å². The summed E-state index contributed by atoms with van der Waals surface area (Å²) in [6, 6.07) is 12.7. The van der Waals surface area contributed by atoms with Crippen molar-refractivity contribution in [2.75, 3.05) is 47.5 Å². The Bertz CT molecular complexity index is 1180. The Morgan fingerprint density at radius 3 is 2.31 bits per heavy atom. The van der Waals surface area contributed by atoms with Crippen LogP contribution in [0.5, 0.6) is 5.75 Å². The predicted octanol–water partition coefficient (Wildman–Crippen LogP) is 4.25. The largest absolute Gasteiger partial charge is 0.492 e. The van der Waals surface area contributed by atoms with Gasteiger partial charge < -0.3 is 14.5 Å². The number of ether oxygens (including phenoxy) is 1. The number of hydrogen-bond donors (Lipinski definition) is 0. The monoisotopic (exact) mass is 492 g/mol. The number of rotatable bonds is 6. The molecule has 0 bridgehead atoms. The van der Waals surface area contributed by atoms with E-state index in [1.165, 1.54) is 11.0 Å². The normalized spacial score (nSPS) is 24.2. The van der Waals surface area contributed by atoms with Gasteiger partial charge >= 0.3 is 0 Å². The summed E-state index contributed by atoms with van der Waals surface area (Å²) >= 11 is 0. The Labute approximate surface area is 210 Å². The number of hydrogen-bond acceptors (Lipinski definition) is 7. The van der Waals surface area contributed by atoms with E-state index in [1.54, 1.807) is 12.1 Å². The van der Waals surface area contributed by atoms with E-state index in [-0.39, 0.29) is 29.3 Å². The fourth-order valence-electron chi connectivity index (χ4n) is 5.89. The first kappa shape index (κ1) is 24.1. The highest BCUT2D eigenvalue weighted by molar-refractivity contribution is 6.22. The van der Waals surface area contributed by atoms with Crippen LogP contribution in [0.25, 0.3) is 0 Å². The molecule has 0 aromatic heterocycles. The molecule has 5 rings (SSSR count). The molecule has 2 heterocycles. The van der Waals surface area contributed by atoms with Crippen molar-refractivity contribution in [3.8, 4) is 5.75 Å². The van der Waals surface area contributed by atoms with Crippen LogP contribution in [0.3, 0.4) is 0 Å². The molecule has 2 aromatic rings. The van der Waals surface area contributed by atoms with Gasteiger partial charge in [-0.05, 0) is 56.4 Å². The Morgan fingerprint density at radius 2 is 1.61 bits per heavy atom. The van der Waals surface area contributed by atoms with Crippen molar-refractivity contribution in [2.45, 2.75) is 33.1 Å². The second-order valence-corrected chi connectivity index (χ2v) is 9.95. The number of nitro groups is 1. The minimum Gasteiger partial charge on any atom is -0.492 e. The topological polar surface area (TPSA) is 96.2 Å². The van der Waals surface area contributed by atoms with E-state index in [1.807, 2.05) is 36.1 Å². The zero-order valence-corrected chi connectivity index (χ0v) is 20.8. The third kappa shape index (κ3) is 4.27. The molecule has 2 aromatic carbocycles. The van der Waals surface area contributed by atoms with Gasteiger partial charge in [-0.1, -0.05) is 19.1 Å². The van der Waals surface area contributed by atoms with E-state index < -0.39 is 4.92 Å². The lowest BCUT2D eigenvalue weighted by atomic mass is 9.76. The maximum atomic E-state index is 13.1. The Morgan fingerprint density at radius 1 is 0.944 bits per heavy atom. The molecule has 1 aliphatic carbocycles. The summed E-state index contributed by atoms with van der Waals surface area (Å²) in [5.74, 6) is 0.172. The van der Waals surface area contributed by atoms with Gasteiger partial charge in [-0.2, -0.15) is 0 Å². The number of carbonyl (C=O) groups is 2. The SMILES string of the molecule is CCOc1ccccc1N1CCN(c2ccc(N3C(=O)[C@@H]4CC[C@@H](C)C[C@H]4C3=O)cc2[N+](=O)[O-])CC1. The quantitative estimate of drug-likeness (QED) is 0.338. The third-order valence-electron chi connectivity index (χ3n) is 7.73. The standard InChI is InChI=1S/C27H32N4O5/c1-3-36-25-7-5-4-6-23(25)29-14-12-28(13-15-29)22-11-9-19(17-24(22)31(34)35)30-26(32)20-10-8-18(2)16-21(20)27(30)33/h4-7,9,11,17-18,20-21H,3,8,10,12-16H2,1-2H3/t18-,20-,21-/m1/s1. The molecule has 0 N–H and O–H groups in total. The van der Waals surface area contributed by atoms with Crippen LogP contribution in [-0.2, 0) is 9.59 Å². The smallest absolute Gasteiger partial charge is 0.294 e. The van der Waals surface area contributed by atoms with E-state index in [0.717, 1.165) is 17.9 Å². The van der Waals surface area contributed by atoms with Crippen LogP contribution in [0.15, 0.2) is 42.5 Å². The van der Waals surface area contributed by atoms with Gasteiger partial charge in [-0.15, -0.1) is 0 Å². The van der Waals surface area contributed by atoms with Crippen molar-refractivity contribution >= 4 is 34.6 Å². The first-order valence-corrected chi connectivity index (χ1v) is 12.8. The summed E-state index contributed by atoms with van der Waals surface area (Å²) < 4.78 is 5.77. The Kier molecular flexibility index (Phi) is 6.55. The van der Waals surface area contributed by atoms with Gasteiger partial charge in [0.2, 0.25) is 11.8 Å². The number of piperazine rings is 1. The van der Waals surface area contributed by atoms with Gasteiger partial charge in [0.25, 0.3) is 5.69 Å². The summed E-state index contributed by atoms with van der Waals surface area (Å²) in [6.07, 6.45) is 2.32. The molecule has 3 atom stereocenters. The first-order valence-electron chi connectivity index (χ1n) is 12.8. The lowest BCUT2D eigenvalue weighted by Crippen LogP contribution is -2.46. The van der Waals surface area contributed by atoms with Crippen molar-refractivity contribution in [3.63, 3.8) is 0 Å². The molecule has 1 saturated carbocycles. The second kappa shape index (κ2) is 9.79. The molecule has 9 nitrogen and oxygen atoms in total. The number of amides is 2. The number of imide groups is 1. The van der Waals surface area contributed by atoms with Crippen molar-refractivity contribution < 1.29 is 19.2 Å². The molecule has 36 heavy (non-hydrogen) atoms. The number of para-hydroxylation sites is 2. The van der Waals surface area contributed by atoms with Gasteiger partial charge in [0.1, 0.15) is 11.4 Å². The molecule has 3 fully saturated rings. The minimum absolute atomic E-state index is 0.0838. The lowest BCUT2D eigenvalue weighted by Gasteiger charge is -2.37. The van der Waals surface area contributed by atoms with Crippen LogP contribution in [-0.4, -0.2) is 49.5 Å². The summed E-state index contributed by atoms with van der Waals surface area (Å²) in [7, 11) is 0. The highest BCUT2D eigenvalue weighted by atomic mass is 16.6. The summed E-state index contributed by atoms with van der Waals surface area (Å²) in [5, 5.41) is 12.1. The zero-order valence-electron chi connectivity index (χ0n) is 20.8. The molecule has 3 aliphatic rings. The number of benzene rings is 2. The first-order chi connectivity index (χ1) is 17.4. The lowest BCUT2D eigenvalue weighted by molar-refractivity contribution is -0.384. The second-order valence-electron chi connectivity index (χ2n) is 9.95. The van der Waals surface area contributed by atoms with Crippen molar-refractivity contribution in [1.82, 2.24) is 0 Å². The van der Waals surface area contributed by atoms with Gasteiger partial charge in [0.15, 0.2) is 0 Å². The van der Waals surface area contributed by atoms with Crippen LogP contribution >= 0.6 is 0 Å². The van der Waals surface area contributed by atoms with E-state index >= 15 is 0 Å². The molecule has 2 amide bonds. The maximum absolute atomic E-state index is 13.1. The molecule has 0 spiro atoms. The molecule has 9 heteroatoms. The molecular formula is C27H32N4O5. The number of nitrogens with zero attached hydrogens (tertiary/aromatic N) is 4. The molecule has 0 radical (unpaired) electrons. The van der Waals surface area contributed by atoms with Crippen LogP contribution < -0.4 is 19.4 Å². The fourth-order valence-corrected chi connectivity index (χ4v) is 5.89. The molecular weight excluding hydrogens is 460 g/mol. The number of carbonyl (C=O) groups excluding carboxylic acids is 2. The van der Waals surface area contributed by atoms with Crippen molar-refractivity contribution in [2.24, 2.45) is 17.8 Å². The van der Waals surface area contributed by atoms with E-state index in [0.29, 0.717) is 62.9 Å². The van der Waals surface area contributed by atoms with E-state index in [2.05, 4.69) is 11.8 Å². The summed E-state index contributed by atoms with van der Waals surface area (Å²) in [4.78, 5) is 43.2. The zero-order chi connectivity index (χ0) is 25.4. The van der Waals surface area contributed by atoms with Crippen LogP contribution in [0.1, 0.15) is 33.1 Å². The average Bonchev–Trinajstić information content (AvgIpc) is 3.13. The van der Waals surface area contributed by atoms with E-state index in [4.69, 9.17) is 4.74 Å².